The van der Waals surface area contributed by atoms with E-state index < -0.39 is 0 Å². The minimum atomic E-state index is 0.469. The van der Waals surface area contributed by atoms with E-state index in [0.29, 0.717) is 6.61 Å². The third-order valence-corrected chi connectivity index (χ3v) is 1.95. The van der Waals surface area contributed by atoms with Crippen LogP contribution in [0.1, 0.15) is 6.92 Å². The molecule has 0 spiro atoms. The molecule has 1 aromatic carbocycles. The van der Waals surface area contributed by atoms with Crippen molar-refractivity contribution in [3.63, 3.8) is 0 Å². The first-order valence-electron chi connectivity index (χ1n) is 3.61. The Bertz CT molecular complexity index is 309. The van der Waals surface area contributed by atoms with Crippen molar-refractivity contribution in [3.8, 4) is 17.6 Å². The van der Waals surface area contributed by atoms with Crippen molar-refractivity contribution in [3.05, 3.63) is 27.8 Å². The van der Waals surface area contributed by atoms with E-state index in [0.717, 1.165) is 5.75 Å². The number of hydrogen-bond acceptors (Lipinski definition) is 1. The van der Waals surface area contributed by atoms with Crippen LogP contribution in [0.15, 0.2) is 24.3 Å². The molecule has 1 nitrogen and oxygen atoms in total. The Labute approximate surface area is 86.3 Å². The topological polar surface area (TPSA) is 9.23 Å². The second kappa shape index (κ2) is 5.04. The van der Waals surface area contributed by atoms with E-state index in [-0.39, 0.29) is 0 Å². The average molecular weight is 272 g/mol. The summed E-state index contributed by atoms with van der Waals surface area (Å²) < 4.78 is 6.52. The number of rotatable bonds is 2. The summed E-state index contributed by atoms with van der Waals surface area (Å²) >= 11 is 2.25. The van der Waals surface area contributed by atoms with Crippen LogP contribution in [0.5, 0.6) is 5.75 Å². The quantitative estimate of drug-likeness (QED) is 0.594. The van der Waals surface area contributed by atoms with Gasteiger partial charge in [-0.1, -0.05) is 12.0 Å². The van der Waals surface area contributed by atoms with Crippen LogP contribution >= 0.6 is 22.6 Å². The molecule has 0 aliphatic rings. The van der Waals surface area contributed by atoms with Crippen molar-refractivity contribution in [2.45, 2.75) is 6.92 Å². The number of halogens is 1. The van der Waals surface area contributed by atoms with E-state index in [1.165, 1.54) is 3.57 Å². The maximum Gasteiger partial charge on any atom is 0.149 e. The molecule has 0 aromatic heterocycles. The fourth-order valence-corrected chi connectivity index (χ4v) is 1.26. The highest BCUT2D eigenvalue weighted by Gasteiger charge is 1.91. The predicted octanol–water partition coefficient (Wildman–Crippen LogP) is 2.69. The van der Waals surface area contributed by atoms with E-state index in [4.69, 9.17) is 4.74 Å². The second-order valence-electron chi connectivity index (χ2n) is 2.17. The maximum atomic E-state index is 5.35. The Hall–Kier alpha value is -0.690. The molecule has 62 valence electrons. The molecule has 0 aliphatic carbocycles. The molecule has 0 saturated heterocycles. The Morgan fingerprint density at radius 2 is 2.33 bits per heavy atom. The van der Waals surface area contributed by atoms with Gasteiger partial charge >= 0.3 is 0 Å². The van der Waals surface area contributed by atoms with Gasteiger partial charge in [-0.15, -0.1) is 5.92 Å². The molecular formula is C10H9IO. The van der Waals surface area contributed by atoms with Gasteiger partial charge < -0.3 is 4.74 Å². The molecule has 0 unspecified atom stereocenters. The van der Waals surface area contributed by atoms with E-state index in [1.807, 2.05) is 24.3 Å². The van der Waals surface area contributed by atoms with Gasteiger partial charge in [0.25, 0.3) is 0 Å². The fraction of sp³-hybridized carbons (Fsp3) is 0.200. The third-order valence-electron chi connectivity index (χ3n) is 1.28. The Morgan fingerprint density at radius 3 is 3.00 bits per heavy atom. The highest BCUT2D eigenvalue weighted by molar-refractivity contribution is 14.1. The highest BCUT2D eigenvalue weighted by atomic mass is 127. The Kier molecular flexibility index (Phi) is 3.95. The largest absolute Gasteiger partial charge is 0.481 e. The minimum Gasteiger partial charge on any atom is -0.481 e. The summed E-state index contributed by atoms with van der Waals surface area (Å²) in [6.07, 6.45) is 0. The molecule has 0 radical (unpaired) electrons. The molecule has 0 aliphatic heterocycles. The monoisotopic (exact) mass is 272 g/mol. The Morgan fingerprint density at radius 1 is 1.50 bits per heavy atom. The van der Waals surface area contributed by atoms with Crippen LogP contribution in [0.4, 0.5) is 0 Å². The molecule has 0 N–H and O–H groups in total. The van der Waals surface area contributed by atoms with Crippen molar-refractivity contribution in [1.29, 1.82) is 0 Å². The average Bonchev–Trinajstić information content (AvgIpc) is 2.05. The van der Waals surface area contributed by atoms with E-state index in [9.17, 15) is 0 Å². The number of benzene rings is 1. The summed E-state index contributed by atoms with van der Waals surface area (Å²) in [5, 5.41) is 0. The zero-order valence-electron chi connectivity index (χ0n) is 6.80. The lowest BCUT2D eigenvalue weighted by Crippen LogP contribution is -1.93. The first-order valence-corrected chi connectivity index (χ1v) is 4.69. The van der Waals surface area contributed by atoms with Gasteiger partial charge in [-0.2, -0.15) is 0 Å². The molecule has 0 heterocycles. The summed E-state index contributed by atoms with van der Waals surface area (Å²) in [5.74, 6) is 6.50. The summed E-state index contributed by atoms with van der Waals surface area (Å²) in [6.45, 7) is 2.27. The van der Waals surface area contributed by atoms with Gasteiger partial charge in [0.2, 0.25) is 0 Å². The van der Waals surface area contributed by atoms with Crippen molar-refractivity contribution in [2.75, 3.05) is 6.61 Å². The predicted molar refractivity (Wildman–Crippen MR) is 58.1 cm³/mol. The zero-order chi connectivity index (χ0) is 8.81. The summed E-state index contributed by atoms with van der Waals surface area (Å²) in [6, 6.07) is 7.91. The van der Waals surface area contributed by atoms with Crippen LogP contribution in [0.2, 0.25) is 0 Å². The Balaban J connectivity index is 2.55. The van der Waals surface area contributed by atoms with Crippen LogP contribution in [-0.2, 0) is 0 Å². The normalized spacial score (nSPS) is 8.50. The summed E-state index contributed by atoms with van der Waals surface area (Å²) in [5.41, 5.74) is 0. The van der Waals surface area contributed by atoms with Crippen LogP contribution in [-0.4, -0.2) is 6.61 Å². The lowest BCUT2D eigenvalue weighted by Gasteiger charge is -2.00. The van der Waals surface area contributed by atoms with Crippen molar-refractivity contribution in [2.24, 2.45) is 0 Å². The van der Waals surface area contributed by atoms with Gasteiger partial charge in [-0.05, 0) is 47.7 Å². The molecule has 1 aromatic rings. The second-order valence-corrected chi connectivity index (χ2v) is 3.42. The third kappa shape index (κ3) is 3.14. The maximum absolute atomic E-state index is 5.35. The van der Waals surface area contributed by atoms with E-state index in [1.54, 1.807) is 6.92 Å². The van der Waals surface area contributed by atoms with Gasteiger partial charge in [-0.3, -0.25) is 0 Å². The zero-order valence-corrected chi connectivity index (χ0v) is 8.96. The van der Waals surface area contributed by atoms with Crippen LogP contribution < -0.4 is 4.74 Å². The molecule has 2 heteroatoms. The molecular weight excluding hydrogens is 263 g/mol. The van der Waals surface area contributed by atoms with Crippen molar-refractivity contribution in [1.82, 2.24) is 0 Å². The van der Waals surface area contributed by atoms with Gasteiger partial charge in [0.1, 0.15) is 12.4 Å². The molecule has 12 heavy (non-hydrogen) atoms. The highest BCUT2D eigenvalue weighted by Crippen LogP contribution is 2.14. The van der Waals surface area contributed by atoms with Gasteiger partial charge in [0, 0.05) is 3.57 Å². The molecule has 0 bridgehead atoms. The molecule has 1 rings (SSSR count). The summed E-state index contributed by atoms with van der Waals surface area (Å²) in [4.78, 5) is 0. The van der Waals surface area contributed by atoms with Crippen LogP contribution in [0.3, 0.4) is 0 Å². The lowest BCUT2D eigenvalue weighted by molar-refractivity contribution is 0.370. The lowest BCUT2D eigenvalue weighted by atomic mass is 10.3. The first-order chi connectivity index (χ1) is 5.83. The SMILES string of the molecule is CC#CCOc1cccc(I)c1. The minimum absolute atomic E-state index is 0.469. The van der Waals surface area contributed by atoms with E-state index in [2.05, 4.69) is 34.4 Å². The van der Waals surface area contributed by atoms with Crippen molar-refractivity contribution < 1.29 is 4.74 Å². The molecule has 0 amide bonds. The summed E-state index contributed by atoms with van der Waals surface area (Å²) in [7, 11) is 0. The smallest absolute Gasteiger partial charge is 0.149 e. The number of ether oxygens (including phenoxy) is 1. The van der Waals surface area contributed by atoms with Gasteiger partial charge in [0.15, 0.2) is 0 Å². The standard InChI is InChI=1S/C10H9IO/c1-2-3-7-12-10-6-4-5-9(11)8-10/h4-6,8H,7H2,1H3. The number of hydrogen-bond donors (Lipinski definition) is 0. The van der Waals surface area contributed by atoms with Crippen molar-refractivity contribution >= 4 is 22.6 Å². The molecule has 0 saturated carbocycles. The molecule has 0 fully saturated rings. The van der Waals surface area contributed by atoms with E-state index >= 15 is 0 Å². The van der Waals surface area contributed by atoms with Gasteiger partial charge in [0.05, 0.1) is 0 Å². The first kappa shape index (κ1) is 9.40. The molecule has 0 atom stereocenters. The fourth-order valence-electron chi connectivity index (χ4n) is 0.748. The van der Waals surface area contributed by atoms with Crippen LogP contribution in [0.25, 0.3) is 0 Å². The van der Waals surface area contributed by atoms with Crippen LogP contribution in [0, 0.1) is 15.4 Å². The van der Waals surface area contributed by atoms with Gasteiger partial charge in [-0.25, -0.2) is 0 Å².